The normalized spacial score (nSPS) is 13.7. The van der Waals surface area contributed by atoms with E-state index in [2.05, 4.69) is 10.0 Å². The molecule has 0 spiro atoms. The number of nitrogens with one attached hydrogen (secondary N) is 2. The van der Waals surface area contributed by atoms with Crippen molar-refractivity contribution in [2.45, 2.75) is 24.7 Å². The minimum Gasteiger partial charge on any atom is -0.326 e. The van der Waals surface area contributed by atoms with Crippen LogP contribution >= 0.6 is 0 Å². The number of sulfonamides is 1. The number of hydrogen-bond donors (Lipinski definition) is 2. The number of benzene rings is 2. The fourth-order valence-electron chi connectivity index (χ4n) is 2.76. The summed E-state index contributed by atoms with van der Waals surface area (Å²) in [5.41, 5.74) is 3.05. The maximum absolute atomic E-state index is 13.1. The summed E-state index contributed by atoms with van der Waals surface area (Å²) in [6.45, 7) is 1.78. The van der Waals surface area contributed by atoms with Crippen LogP contribution in [0.5, 0.6) is 0 Å². The zero-order valence-electron chi connectivity index (χ0n) is 13.1. The van der Waals surface area contributed by atoms with Gasteiger partial charge >= 0.3 is 0 Å². The van der Waals surface area contributed by atoms with E-state index in [1.54, 1.807) is 6.92 Å². The fourth-order valence-corrected chi connectivity index (χ4v) is 4.02. The number of amides is 1. The van der Waals surface area contributed by atoms with Crippen molar-refractivity contribution in [1.82, 2.24) is 4.72 Å². The van der Waals surface area contributed by atoms with E-state index < -0.39 is 15.8 Å². The smallest absolute Gasteiger partial charge is 0.240 e. The van der Waals surface area contributed by atoms with E-state index in [4.69, 9.17) is 0 Å². The molecule has 2 N–H and O–H groups in total. The number of fused-ring (bicyclic) bond motifs is 1. The van der Waals surface area contributed by atoms with Gasteiger partial charge in [-0.3, -0.25) is 4.79 Å². The van der Waals surface area contributed by atoms with E-state index in [1.165, 1.54) is 12.1 Å². The molecule has 0 bridgehead atoms. The Morgan fingerprint density at radius 3 is 2.75 bits per heavy atom. The molecule has 0 unspecified atom stereocenters. The van der Waals surface area contributed by atoms with E-state index in [1.807, 2.05) is 18.2 Å². The molecule has 1 heterocycles. The molecule has 0 fully saturated rings. The standard InChI is InChI=1S/C17H17FN2O3S/c1-11-8-14(18)3-5-16(11)24(22,23)19-7-6-12-2-4-15-13(9-12)10-17(21)20-15/h2-5,8-9,19H,6-7,10H2,1H3,(H,20,21). The molecule has 0 radical (unpaired) electrons. The van der Waals surface area contributed by atoms with E-state index in [-0.39, 0.29) is 17.3 Å². The average Bonchev–Trinajstić information content (AvgIpc) is 2.86. The lowest BCUT2D eigenvalue weighted by molar-refractivity contribution is -0.115. The number of anilines is 1. The quantitative estimate of drug-likeness (QED) is 0.869. The van der Waals surface area contributed by atoms with Crippen LogP contribution in [-0.2, 0) is 27.7 Å². The molecule has 0 saturated heterocycles. The molecular weight excluding hydrogens is 331 g/mol. The molecule has 7 heteroatoms. The number of halogens is 1. The van der Waals surface area contributed by atoms with Gasteiger partial charge < -0.3 is 5.32 Å². The van der Waals surface area contributed by atoms with E-state index in [9.17, 15) is 17.6 Å². The number of carbonyl (C=O) groups is 1. The largest absolute Gasteiger partial charge is 0.326 e. The first-order valence-electron chi connectivity index (χ1n) is 7.52. The summed E-state index contributed by atoms with van der Waals surface area (Å²) in [4.78, 5) is 11.4. The molecule has 1 aliphatic rings. The van der Waals surface area contributed by atoms with Crippen molar-refractivity contribution in [3.63, 3.8) is 0 Å². The number of rotatable bonds is 5. The van der Waals surface area contributed by atoms with Gasteiger partial charge in [0.05, 0.1) is 11.3 Å². The predicted octanol–water partition coefficient (Wildman–Crippen LogP) is 2.15. The maximum Gasteiger partial charge on any atom is 0.240 e. The van der Waals surface area contributed by atoms with Crippen molar-refractivity contribution in [3.05, 3.63) is 58.9 Å². The average molecular weight is 348 g/mol. The van der Waals surface area contributed by atoms with Crippen LogP contribution in [0.25, 0.3) is 0 Å². The van der Waals surface area contributed by atoms with Crippen molar-refractivity contribution in [3.8, 4) is 0 Å². The minimum atomic E-state index is -3.68. The first-order chi connectivity index (χ1) is 11.3. The van der Waals surface area contributed by atoms with Gasteiger partial charge in [0.1, 0.15) is 5.82 Å². The zero-order valence-corrected chi connectivity index (χ0v) is 13.9. The summed E-state index contributed by atoms with van der Waals surface area (Å²) in [5.74, 6) is -0.498. The molecule has 3 rings (SSSR count). The third-order valence-corrected chi connectivity index (χ3v) is 5.55. The molecule has 1 aliphatic heterocycles. The van der Waals surface area contributed by atoms with Gasteiger partial charge in [-0.2, -0.15) is 0 Å². The highest BCUT2D eigenvalue weighted by Crippen LogP contribution is 2.24. The Balaban J connectivity index is 1.66. The van der Waals surface area contributed by atoms with Crippen molar-refractivity contribution in [2.24, 2.45) is 0 Å². The molecule has 0 saturated carbocycles. The van der Waals surface area contributed by atoms with Crippen molar-refractivity contribution < 1.29 is 17.6 Å². The molecule has 0 atom stereocenters. The van der Waals surface area contributed by atoms with Gasteiger partial charge in [0, 0.05) is 12.2 Å². The van der Waals surface area contributed by atoms with Gasteiger partial charge in [-0.1, -0.05) is 12.1 Å². The number of hydrogen-bond acceptors (Lipinski definition) is 3. The molecule has 5 nitrogen and oxygen atoms in total. The first kappa shape index (κ1) is 16.6. The monoisotopic (exact) mass is 348 g/mol. The van der Waals surface area contributed by atoms with Gasteiger partial charge in [0.2, 0.25) is 15.9 Å². The fraction of sp³-hybridized carbons (Fsp3) is 0.235. The Hall–Kier alpha value is -2.25. The third-order valence-electron chi connectivity index (χ3n) is 3.93. The lowest BCUT2D eigenvalue weighted by Crippen LogP contribution is -2.26. The van der Waals surface area contributed by atoms with Crippen LogP contribution in [0, 0.1) is 12.7 Å². The third kappa shape index (κ3) is 3.47. The molecule has 126 valence electrons. The SMILES string of the molecule is Cc1cc(F)ccc1S(=O)(=O)NCCc1ccc2c(c1)CC(=O)N2. The molecule has 1 amide bonds. The van der Waals surface area contributed by atoms with Gasteiger partial charge in [0.15, 0.2) is 0 Å². The Kier molecular flexibility index (Phi) is 4.38. The molecular formula is C17H17FN2O3S. The lowest BCUT2D eigenvalue weighted by atomic mass is 10.1. The van der Waals surface area contributed by atoms with Crippen molar-refractivity contribution in [1.29, 1.82) is 0 Å². The molecule has 0 aliphatic carbocycles. The summed E-state index contributed by atoms with van der Waals surface area (Å²) >= 11 is 0. The topological polar surface area (TPSA) is 75.3 Å². The lowest BCUT2D eigenvalue weighted by Gasteiger charge is -2.10. The summed E-state index contributed by atoms with van der Waals surface area (Å²) in [6, 6.07) is 9.19. The molecule has 24 heavy (non-hydrogen) atoms. The summed E-state index contributed by atoms with van der Waals surface area (Å²) in [7, 11) is -3.68. The van der Waals surface area contributed by atoms with Crippen LogP contribution < -0.4 is 10.0 Å². The number of aryl methyl sites for hydroxylation is 1. The predicted molar refractivity (Wildman–Crippen MR) is 88.8 cm³/mol. The van der Waals surface area contributed by atoms with Gasteiger partial charge in [-0.25, -0.2) is 17.5 Å². The Bertz CT molecular complexity index is 910. The van der Waals surface area contributed by atoms with Gasteiger partial charge in [-0.05, 0) is 54.3 Å². The second kappa shape index (κ2) is 6.33. The summed E-state index contributed by atoms with van der Waals surface area (Å²) < 4.78 is 40.2. The van der Waals surface area contributed by atoms with Gasteiger partial charge in [0.25, 0.3) is 0 Å². The Labute approximate surface area is 139 Å². The van der Waals surface area contributed by atoms with E-state index in [0.717, 1.165) is 22.9 Å². The van der Waals surface area contributed by atoms with Crippen LogP contribution in [-0.4, -0.2) is 20.9 Å². The van der Waals surface area contributed by atoms with Crippen LogP contribution in [0.3, 0.4) is 0 Å². The van der Waals surface area contributed by atoms with Crippen LogP contribution in [0.15, 0.2) is 41.3 Å². The molecule has 2 aromatic carbocycles. The molecule has 0 aromatic heterocycles. The highest BCUT2D eigenvalue weighted by atomic mass is 32.2. The summed E-state index contributed by atoms with van der Waals surface area (Å²) in [6.07, 6.45) is 0.852. The van der Waals surface area contributed by atoms with Crippen LogP contribution in [0.2, 0.25) is 0 Å². The van der Waals surface area contributed by atoms with Crippen molar-refractivity contribution >= 4 is 21.6 Å². The Morgan fingerprint density at radius 2 is 2.00 bits per heavy atom. The van der Waals surface area contributed by atoms with E-state index >= 15 is 0 Å². The van der Waals surface area contributed by atoms with E-state index in [0.29, 0.717) is 18.4 Å². The summed E-state index contributed by atoms with van der Waals surface area (Å²) in [5, 5.41) is 2.76. The van der Waals surface area contributed by atoms with Crippen molar-refractivity contribution in [2.75, 3.05) is 11.9 Å². The second-order valence-electron chi connectivity index (χ2n) is 5.77. The first-order valence-corrected chi connectivity index (χ1v) is 9.01. The number of carbonyl (C=O) groups excluding carboxylic acids is 1. The Morgan fingerprint density at radius 1 is 1.21 bits per heavy atom. The van der Waals surface area contributed by atoms with Crippen LogP contribution in [0.1, 0.15) is 16.7 Å². The highest BCUT2D eigenvalue weighted by Gasteiger charge is 2.19. The second-order valence-corrected chi connectivity index (χ2v) is 7.51. The van der Waals surface area contributed by atoms with Crippen LogP contribution in [0.4, 0.5) is 10.1 Å². The maximum atomic E-state index is 13.1. The molecule has 2 aromatic rings. The minimum absolute atomic E-state index is 0.0327. The zero-order chi connectivity index (χ0) is 17.3. The highest BCUT2D eigenvalue weighted by molar-refractivity contribution is 7.89. The van der Waals surface area contributed by atoms with Gasteiger partial charge in [-0.15, -0.1) is 0 Å².